The number of halogens is 1. The van der Waals surface area contributed by atoms with Gasteiger partial charge in [-0.25, -0.2) is 10.3 Å². The Balaban J connectivity index is 2.93. The Morgan fingerprint density at radius 2 is 2.21 bits per heavy atom. The van der Waals surface area contributed by atoms with Crippen molar-refractivity contribution in [1.82, 2.24) is 0 Å². The minimum Gasteiger partial charge on any atom is -0.496 e. The van der Waals surface area contributed by atoms with Crippen LogP contribution >= 0.6 is 0 Å². The maximum Gasteiger partial charge on any atom is 0.122 e. The van der Waals surface area contributed by atoms with Gasteiger partial charge in [-0.1, -0.05) is 12.1 Å². The standard InChI is InChI=1S/C10H14FNO2/c1-13-10-4-2-3-8(7-11)9(10)5-6-14-12/h2-4H,5-7,12H2,1H3. The zero-order valence-electron chi connectivity index (χ0n) is 8.13. The van der Waals surface area contributed by atoms with Gasteiger partial charge in [-0.15, -0.1) is 0 Å². The molecule has 0 bridgehead atoms. The van der Waals surface area contributed by atoms with Crippen molar-refractivity contribution in [1.29, 1.82) is 0 Å². The predicted octanol–water partition coefficient (Wildman–Crippen LogP) is 1.60. The summed E-state index contributed by atoms with van der Waals surface area (Å²) in [6.45, 7) is -0.148. The molecule has 1 aromatic carbocycles. The van der Waals surface area contributed by atoms with Gasteiger partial charge in [0.05, 0.1) is 13.7 Å². The van der Waals surface area contributed by atoms with Crippen molar-refractivity contribution in [3.05, 3.63) is 29.3 Å². The van der Waals surface area contributed by atoms with Crippen molar-refractivity contribution in [2.45, 2.75) is 13.1 Å². The number of hydrogen-bond acceptors (Lipinski definition) is 3. The third-order valence-corrected chi connectivity index (χ3v) is 2.06. The highest BCUT2D eigenvalue weighted by Gasteiger charge is 2.08. The fourth-order valence-electron chi connectivity index (χ4n) is 1.37. The highest BCUT2D eigenvalue weighted by atomic mass is 19.1. The molecule has 78 valence electrons. The molecule has 0 unspecified atom stereocenters. The lowest BCUT2D eigenvalue weighted by Crippen LogP contribution is -2.06. The summed E-state index contributed by atoms with van der Waals surface area (Å²) < 4.78 is 17.7. The van der Waals surface area contributed by atoms with E-state index in [1.165, 1.54) is 0 Å². The summed E-state index contributed by atoms with van der Waals surface area (Å²) >= 11 is 0. The Labute approximate surface area is 82.6 Å². The molecule has 0 radical (unpaired) electrons. The Hall–Kier alpha value is -1.13. The second-order valence-corrected chi connectivity index (χ2v) is 2.85. The molecule has 0 aliphatic heterocycles. The van der Waals surface area contributed by atoms with Crippen LogP contribution in [0.1, 0.15) is 11.1 Å². The zero-order valence-corrected chi connectivity index (χ0v) is 8.13. The predicted molar refractivity (Wildman–Crippen MR) is 51.6 cm³/mol. The number of alkyl halides is 1. The molecule has 0 spiro atoms. The Bertz CT molecular complexity index is 269. The van der Waals surface area contributed by atoms with Gasteiger partial charge in [0.15, 0.2) is 0 Å². The highest BCUT2D eigenvalue weighted by molar-refractivity contribution is 5.40. The maximum absolute atomic E-state index is 12.6. The molecule has 14 heavy (non-hydrogen) atoms. The van der Waals surface area contributed by atoms with E-state index >= 15 is 0 Å². The number of hydrogen-bond donors (Lipinski definition) is 1. The van der Waals surface area contributed by atoms with Gasteiger partial charge in [-0.05, 0) is 11.6 Å². The molecule has 0 aliphatic rings. The third kappa shape index (κ3) is 2.43. The van der Waals surface area contributed by atoms with Gasteiger partial charge in [0.25, 0.3) is 0 Å². The van der Waals surface area contributed by atoms with E-state index in [4.69, 9.17) is 10.6 Å². The van der Waals surface area contributed by atoms with Crippen LogP contribution in [0.25, 0.3) is 0 Å². The molecule has 4 heteroatoms. The summed E-state index contributed by atoms with van der Waals surface area (Å²) in [6.07, 6.45) is 0.555. The first-order valence-corrected chi connectivity index (χ1v) is 4.36. The average molecular weight is 199 g/mol. The lowest BCUT2D eigenvalue weighted by atomic mass is 10.0. The molecular formula is C10H14FNO2. The molecule has 0 heterocycles. The first-order valence-electron chi connectivity index (χ1n) is 4.36. The van der Waals surface area contributed by atoms with E-state index in [1.54, 1.807) is 25.3 Å². The largest absolute Gasteiger partial charge is 0.496 e. The third-order valence-electron chi connectivity index (χ3n) is 2.06. The molecule has 0 saturated carbocycles. The molecule has 0 amide bonds. The summed E-state index contributed by atoms with van der Waals surface area (Å²) in [7, 11) is 1.56. The van der Waals surface area contributed by atoms with Crippen LogP contribution < -0.4 is 10.6 Å². The van der Waals surface area contributed by atoms with Crippen LogP contribution in [0, 0.1) is 0 Å². The van der Waals surface area contributed by atoms with Crippen molar-refractivity contribution in [3.63, 3.8) is 0 Å². The topological polar surface area (TPSA) is 44.5 Å². The Kier molecular flexibility index (Phi) is 4.35. The van der Waals surface area contributed by atoms with E-state index in [0.717, 1.165) is 5.56 Å². The quantitative estimate of drug-likeness (QED) is 0.732. The fourth-order valence-corrected chi connectivity index (χ4v) is 1.37. The van der Waals surface area contributed by atoms with Gasteiger partial charge < -0.3 is 9.57 Å². The van der Waals surface area contributed by atoms with Crippen LogP contribution in [0.2, 0.25) is 0 Å². The zero-order chi connectivity index (χ0) is 10.4. The van der Waals surface area contributed by atoms with E-state index < -0.39 is 6.67 Å². The second kappa shape index (κ2) is 5.57. The lowest BCUT2D eigenvalue weighted by Gasteiger charge is -2.11. The second-order valence-electron chi connectivity index (χ2n) is 2.85. The maximum atomic E-state index is 12.6. The number of ether oxygens (including phenoxy) is 1. The van der Waals surface area contributed by atoms with Gasteiger partial charge >= 0.3 is 0 Å². The van der Waals surface area contributed by atoms with E-state index in [-0.39, 0.29) is 0 Å². The summed E-state index contributed by atoms with van der Waals surface area (Å²) in [4.78, 5) is 4.47. The van der Waals surface area contributed by atoms with Crippen molar-refractivity contribution in [2.75, 3.05) is 13.7 Å². The molecule has 1 rings (SSSR count). The van der Waals surface area contributed by atoms with Crippen LogP contribution in [-0.4, -0.2) is 13.7 Å². The minimum absolute atomic E-state index is 0.355. The molecule has 3 nitrogen and oxygen atoms in total. The lowest BCUT2D eigenvalue weighted by molar-refractivity contribution is 0.140. The van der Waals surface area contributed by atoms with Crippen LogP contribution in [0.4, 0.5) is 4.39 Å². The van der Waals surface area contributed by atoms with E-state index in [9.17, 15) is 4.39 Å². The van der Waals surface area contributed by atoms with Gasteiger partial charge in [-0.3, -0.25) is 0 Å². The Morgan fingerprint density at radius 3 is 2.79 bits per heavy atom. The SMILES string of the molecule is COc1cccc(CF)c1CCON. The Morgan fingerprint density at radius 1 is 1.43 bits per heavy atom. The summed E-state index contributed by atoms with van der Waals surface area (Å²) in [5, 5.41) is 0. The number of methoxy groups -OCH3 is 1. The molecule has 0 atom stereocenters. The first-order chi connectivity index (χ1) is 6.83. The smallest absolute Gasteiger partial charge is 0.122 e. The van der Waals surface area contributed by atoms with Crippen molar-refractivity contribution >= 4 is 0 Å². The summed E-state index contributed by atoms with van der Waals surface area (Å²) in [5.41, 5.74) is 1.45. The van der Waals surface area contributed by atoms with Gasteiger partial charge in [-0.2, -0.15) is 0 Å². The number of benzene rings is 1. The van der Waals surface area contributed by atoms with E-state index in [0.29, 0.717) is 24.3 Å². The van der Waals surface area contributed by atoms with Crippen LogP contribution in [-0.2, 0) is 17.9 Å². The van der Waals surface area contributed by atoms with E-state index in [2.05, 4.69) is 4.84 Å². The first kappa shape index (κ1) is 10.9. The molecular weight excluding hydrogens is 185 g/mol. The summed E-state index contributed by atoms with van der Waals surface area (Å²) in [6, 6.07) is 5.29. The molecule has 0 aromatic heterocycles. The number of rotatable bonds is 5. The monoisotopic (exact) mass is 199 g/mol. The fraction of sp³-hybridized carbons (Fsp3) is 0.400. The molecule has 0 saturated heterocycles. The van der Waals surface area contributed by atoms with E-state index in [1.807, 2.05) is 0 Å². The molecule has 0 aliphatic carbocycles. The van der Waals surface area contributed by atoms with Gasteiger partial charge in [0.2, 0.25) is 0 Å². The minimum atomic E-state index is -0.503. The van der Waals surface area contributed by atoms with Crippen LogP contribution in [0.3, 0.4) is 0 Å². The average Bonchev–Trinajstić information content (AvgIpc) is 2.25. The molecule has 0 fully saturated rings. The summed E-state index contributed by atoms with van der Waals surface area (Å²) in [5.74, 6) is 5.60. The highest BCUT2D eigenvalue weighted by Crippen LogP contribution is 2.23. The van der Waals surface area contributed by atoms with Crippen molar-refractivity contribution < 1.29 is 14.0 Å². The van der Waals surface area contributed by atoms with Crippen LogP contribution in [0.15, 0.2) is 18.2 Å². The number of nitrogens with two attached hydrogens (primary N) is 1. The van der Waals surface area contributed by atoms with Crippen molar-refractivity contribution in [3.8, 4) is 5.75 Å². The van der Waals surface area contributed by atoms with Gasteiger partial charge in [0, 0.05) is 12.0 Å². The molecule has 2 N–H and O–H groups in total. The van der Waals surface area contributed by atoms with Crippen molar-refractivity contribution in [2.24, 2.45) is 5.90 Å². The van der Waals surface area contributed by atoms with Crippen LogP contribution in [0.5, 0.6) is 5.75 Å². The normalized spacial score (nSPS) is 10.2. The van der Waals surface area contributed by atoms with Gasteiger partial charge in [0.1, 0.15) is 12.4 Å². The molecule has 1 aromatic rings.